The lowest BCUT2D eigenvalue weighted by molar-refractivity contribution is -0.138. The molecule has 3 heteroatoms. The number of carbonyl (C=O) groups excluding carboxylic acids is 1. The second-order valence-corrected chi connectivity index (χ2v) is 5.12. The molecule has 0 N–H and O–H groups in total. The van der Waals surface area contributed by atoms with Crippen molar-refractivity contribution >= 4 is 12.0 Å². The molecule has 1 unspecified atom stereocenters. The van der Waals surface area contributed by atoms with Crippen LogP contribution in [0.5, 0.6) is 0 Å². The number of nitrogens with zero attached hydrogens (tertiary/aromatic N) is 1. The van der Waals surface area contributed by atoms with Crippen molar-refractivity contribution in [2.45, 2.75) is 12.8 Å². The summed E-state index contributed by atoms with van der Waals surface area (Å²) in [6.07, 6.45) is 1.87. The van der Waals surface area contributed by atoms with Gasteiger partial charge in [0, 0.05) is 11.5 Å². The molecule has 0 spiro atoms. The molecule has 0 aromatic heterocycles. The van der Waals surface area contributed by atoms with Gasteiger partial charge in [0.1, 0.15) is 0 Å². The first kappa shape index (κ1) is 14.1. The highest BCUT2D eigenvalue weighted by Crippen LogP contribution is 2.41. The summed E-state index contributed by atoms with van der Waals surface area (Å²) in [7, 11) is 0. The summed E-state index contributed by atoms with van der Waals surface area (Å²) in [6, 6.07) is 17.5. The van der Waals surface area contributed by atoms with Gasteiger partial charge in [-0.05, 0) is 41.8 Å². The molecule has 1 atom stereocenters. The minimum atomic E-state index is -0.300. The highest BCUT2D eigenvalue weighted by Gasteiger charge is 2.32. The van der Waals surface area contributed by atoms with Gasteiger partial charge in [0.05, 0.1) is 18.2 Å². The number of nitriles is 1. The van der Waals surface area contributed by atoms with E-state index in [4.69, 9.17) is 10.00 Å². The van der Waals surface area contributed by atoms with Gasteiger partial charge in [0.2, 0.25) is 0 Å². The zero-order valence-corrected chi connectivity index (χ0v) is 12.2. The Balaban J connectivity index is 2.12. The Bertz CT molecular complexity index is 785. The highest BCUT2D eigenvalue weighted by molar-refractivity contribution is 5.99. The average molecular weight is 289 g/mol. The molecule has 0 radical (unpaired) electrons. The van der Waals surface area contributed by atoms with E-state index >= 15 is 0 Å². The van der Waals surface area contributed by atoms with Crippen molar-refractivity contribution in [3.63, 3.8) is 0 Å². The molecule has 0 fully saturated rings. The summed E-state index contributed by atoms with van der Waals surface area (Å²) in [4.78, 5) is 12.3. The van der Waals surface area contributed by atoms with E-state index in [0.717, 1.165) is 16.7 Å². The minimum absolute atomic E-state index is 0.177. The Kier molecular flexibility index (Phi) is 3.76. The molecule has 0 saturated heterocycles. The van der Waals surface area contributed by atoms with Crippen LogP contribution in [0.4, 0.5) is 0 Å². The molecule has 108 valence electrons. The maximum Gasteiger partial charge on any atom is 0.334 e. The van der Waals surface area contributed by atoms with Crippen LogP contribution in [0.2, 0.25) is 0 Å². The number of hydrogen-bond donors (Lipinski definition) is 0. The number of rotatable bonds is 3. The van der Waals surface area contributed by atoms with E-state index in [2.05, 4.69) is 6.07 Å². The van der Waals surface area contributed by atoms with Gasteiger partial charge in [-0.3, -0.25) is 0 Å². The summed E-state index contributed by atoms with van der Waals surface area (Å²) in [5.41, 5.74) is 4.19. The molecular weight excluding hydrogens is 274 g/mol. The maximum absolute atomic E-state index is 12.3. The van der Waals surface area contributed by atoms with E-state index in [1.807, 2.05) is 48.5 Å². The molecule has 0 amide bonds. The van der Waals surface area contributed by atoms with E-state index in [0.29, 0.717) is 17.7 Å². The second kappa shape index (κ2) is 5.87. The molecule has 0 bridgehead atoms. The molecule has 0 heterocycles. The van der Waals surface area contributed by atoms with Crippen LogP contribution in [-0.4, -0.2) is 12.6 Å². The van der Waals surface area contributed by atoms with Crippen molar-refractivity contribution in [1.82, 2.24) is 0 Å². The van der Waals surface area contributed by atoms with Crippen molar-refractivity contribution in [1.29, 1.82) is 5.26 Å². The maximum atomic E-state index is 12.3. The van der Waals surface area contributed by atoms with E-state index in [1.165, 1.54) is 0 Å². The van der Waals surface area contributed by atoms with Crippen LogP contribution in [0.1, 0.15) is 35.1 Å². The summed E-state index contributed by atoms with van der Waals surface area (Å²) in [5.74, 6) is -0.477. The zero-order chi connectivity index (χ0) is 15.5. The first-order valence-electron chi connectivity index (χ1n) is 7.22. The zero-order valence-electron chi connectivity index (χ0n) is 12.2. The Morgan fingerprint density at radius 3 is 2.68 bits per heavy atom. The van der Waals surface area contributed by atoms with E-state index in [-0.39, 0.29) is 11.9 Å². The molecule has 0 aliphatic heterocycles. The van der Waals surface area contributed by atoms with Crippen LogP contribution in [0.25, 0.3) is 6.08 Å². The third-order valence-corrected chi connectivity index (χ3v) is 3.79. The fourth-order valence-corrected chi connectivity index (χ4v) is 2.84. The quantitative estimate of drug-likeness (QED) is 0.810. The SMILES string of the molecule is CCOC(=O)C1=Cc2ccc(C#N)cc2C1c1ccccc1. The monoisotopic (exact) mass is 289 g/mol. The van der Waals surface area contributed by atoms with Gasteiger partial charge in [0.25, 0.3) is 0 Å². The number of carbonyl (C=O) groups is 1. The van der Waals surface area contributed by atoms with Crippen molar-refractivity contribution in [3.05, 3.63) is 76.4 Å². The third kappa shape index (κ3) is 2.40. The summed E-state index contributed by atoms with van der Waals surface area (Å²) < 4.78 is 5.19. The molecule has 3 rings (SSSR count). The van der Waals surface area contributed by atoms with Crippen LogP contribution in [-0.2, 0) is 9.53 Å². The van der Waals surface area contributed by atoms with E-state index in [1.54, 1.807) is 13.0 Å². The molecule has 1 aliphatic carbocycles. The predicted octanol–water partition coefficient (Wildman–Crippen LogP) is 3.65. The fourth-order valence-electron chi connectivity index (χ4n) is 2.84. The molecule has 3 nitrogen and oxygen atoms in total. The summed E-state index contributed by atoms with van der Waals surface area (Å²) in [5, 5.41) is 9.13. The lowest BCUT2D eigenvalue weighted by Crippen LogP contribution is -2.13. The van der Waals surface area contributed by atoms with Crippen LogP contribution < -0.4 is 0 Å². The van der Waals surface area contributed by atoms with Gasteiger partial charge in [-0.15, -0.1) is 0 Å². The number of benzene rings is 2. The smallest absolute Gasteiger partial charge is 0.334 e. The second-order valence-electron chi connectivity index (χ2n) is 5.12. The van der Waals surface area contributed by atoms with Crippen molar-refractivity contribution in [2.75, 3.05) is 6.61 Å². The average Bonchev–Trinajstić information content (AvgIpc) is 2.94. The van der Waals surface area contributed by atoms with Crippen LogP contribution in [0.3, 0.4) is 0 Å². The van der Waals surface area contributed by atoms with Gasteiger partial charge in [-0.1, -0.05) is 36.4 Å². The third-order valence-electron chi connectivity index (χ3n) is 3.79. The fraction of sp³-hybridized carbons (Fsp3) is 0.158. The van der Waals surface area contributed by atoms with E-state index < -0.39 is 0 Å². The molecule has 2 aromatic rings. The normalized spacial score (nSPS) is 15.6. The lowest BCUT2D eigenvalue weighted by atomic mass is 9.88. The van der Waals surface area contributed by atoms with Crippen LogP contribution in [0, 0.1) is 11.3 Å². The standard InChI is InChI=1S/C19H15NO2/c1-2-22-19(21)17-11-15-9-8-13(12-20)10-16(15)18(17)14-6-4-3-5-7-14/h3-11,18H,2H2,1H3. The largest absolute Gasteiger partial charge is 0.463 e. The van der Waals surface area contributed by atoms with Gasteiger partial charge in [0.15, 0.2) is 0 Å². The first-order valence-corrected chi connectivity index (χ1v) is 7.22. The van der Waals surface area contributed by atoms with Crippen molar-refractivity contribution in [3.8, 4) is 6.07 Å². The Hall–Kier alpha value is -2.86. The van der Waals surface area contributed by atoms with Crippen LogP contribution in [0.15, 0.2) is 54.1 Å². The molecule has 1 aliphatic rings. The number of hydrogen-bond acceptors (Lipinski definition) is 3. The highest BCUT2D eigenvalue weighted by atomic mass is 16.5. The predicted molar refractivity (Wildman–Crippen MR) is 84.1 cm³/mol. The van der Waals surface area contributed by atoms with Gasteiger partial charge >= 0.3 is 5.97 Å². The van der Waals surface area contributed by atoms with Crippen LogP contribution >= 0.6 is 0 Å². The minimum Gasteiger partial charge on any atom is -0.463 e. The number of ether oxygens (including phenoxy) is 1. The summed E-state index contributed by atoms with van der Waals surface area (Å²) in [6.45, 7) is 2.14. The first-order chi connectivity index (χ1) is 10.7. The Morgan fingerprint density at radius 2 is 2.00 bits per heavy atom. The van der Waals surface area contributed by atoms with Crippen molar-refractivity contribution < 1.29 is 9.53 Å². The summed E-state index contributed by atoms with van der Waals surface area (Å²) >= 11 is 0. The Labute approximate surface area is 129 Å². The molecular formula is C19H15NO2. The number of esters is 1. The molecule has 0 saturated carbocycles. The Morgan fingerprint density at radius 1 is 1.23 bits per heavy atom. The van der Waals surface area contributed by atoms with Crippen molar-refractivity contribution in [2.24, 2.45) is 0 Å². The topological polar surface area (TPSA) is 50.1 Å². The lowest BCUT2D eigenvalue weighted by Gasteiger charge is -2.16. The van der Waals surface area contributed by atoms with Gasteiger partial charge in [-0.25, -0.2) is 4.79 Å². The molecule has 22 heavy (non-hydrogen) atoms. The van der Waals surface area contributed by atoms with E-state index in [9.17, 15) is 4.79 Å². The molecule has 2 aromatic carbocycles. The van der Waals surface area contributed by atoms with Gasteiger partial charge < -0.3 is 4.74 Å². The number of fused-ring (bicyclic) bond motifs is 1. The van der Waals surface area contributed by atoms with Gasteiger partial charge in [-0.2, -0.15) is 5.26 Å².